The van der Waals surface area contributed by atoms with E-state index in [-0.39, 0.29) is 25.5 Å². The second-order valence-corrected chi connectivity index (χ2v) is 3.52. The van der Waals surface area contributed by atoms with E-state index in [1.807, 2.05) is 0 Å². The van der Waals surface area contributed by atoms with Gasteiger partial charge in [-0.15, -0.1) is 6.42 Å². The van der Waals surface area contributed by atoms with E-state index in [4.69, 9.17) is 11.5 Å². The van der Waals surface area contributed by atoms with Gasteiger partial charge in [-0.25, -0.2) is 0 Å². The summed E-state index contributed by atoms with van der Waals surface area (Å²) in [6.07, 6.45) is 5.05. The molecule has 94 valence electrons. The molecule has 1 aromatic rings. The number of carboxylic acids is 1. The molecule has 0 aromatic heterocycles. The summed E-state index contributed by atoms with van der Waals surface area (Å²) in [4.78, 5) is 23.9. The van der Waals surface area contributed by atoms with E-state index in [1.165, 1.54) is 4.90 Å². The van der Waals surface area contributed by atoms with Crippen LogP contribution in [-0.2, 0) is 9.59 Å². The van der Waals surface area contributed by atoms with Crippen molar-refractivity contribution in [3.63, 3.8) is 0 Å². The average Bonchev–Trinajstić information content (AvgIpc) is 2.37. The van der Waals surface area contributed by atoms with Crippen LogP contribution in [0.15, 0.2) is 30.3 Å². The van der Waals surface area contributed by atoms with Crippen molar-refractivity contribution < 1.29 is 14.7 Å². The fourth-order valence-electron chi connectivity index (χ4n) is 1.40. The van der Waals surface area contributed by atoms with E-state index >= 15 is 0 Å². The lowest BCUT2D eigenvalue weighted by molar-refractivity contribution is -0.136. The standard InChI is InChI=1S/C13H14N2O3/c1-2-8-14-9-12(16)15(10-13(17)18)11-6-4-3-5-7-11/h1,3-7,14H,8-10H2,(H,17,18). The summed E-state index contributed by atoms with van der Waals surface area (Å²) < 4.78 is 0. The summed E-state index contributed by atoms with van der Waals surface area (Å²) in [5.74, 6) is 0.944. The SMILES string of the molecule is C#CCNCC(=O)N(CC(=O)O)c1ccccc1. The summed E-state index contributed by atoms with van der Waals surface area (Å²) in [5, 5.41) is 11.6. The van der Waals surface area contributed by atoms with Crippen LogP contribution in [0.5, 0.6) is 0 Å². The molecule has 0 heterocycles. The van der Waals surface area contributed by atoms with Crippen molar-refractivity contribution in [2.75, 3.05) is 24.5 Å². The zero-order chi connectivity index (χ0) is 13.4. The first-order valence-electron chi connectivity index (χ1n) is 5.36. The van der Waals surface area contributed by atoms with Crippen LogP contribution in [0, 0.1) is 12.3 Å². The number of nitrogens with zero attached hydrogens (tertiary/aromatic N) is 1. The minimum absolute atomic E-state index is 0.00632. The molecule has 0 atom stereocenters. The van der Waals surface area contributed by atoms with Crippen molar-refractivity contribution >= 4 is 17.6 Å². The van der Waals surface area contributed by atoms with E-state index < -0.39 is 5.97 Å². The number of para-hydroxylation sites is 1. The molecule has 18 heavy (non-hydrogen) atoms. The van der Waals surface area contributed by atoms with E-state index in [0.717, 1.165) is 0 Å². The third kappa shape index (κ3) is 4.28. The zero-order valence-corrected chi connectivity index (χ0v) is 9.80. The average molecular weight is 246 g/mol. The molecule has 0 unspecified atom stereocenters. The Labute approximate surface area is 105 Å². The molecule has 2 N–H and O–H groups in total. The van der Waals surface area contributed by atoms with Gasteiger partial charge < -0.3 is 10.0 Å². The maximum atomic E-state index is 11.9. The van der Waals surface area contributed by atoms with Gasteiger partial charge in [-0.3, -0.25) is 14.9 Å². The van der Waals surface area contributed by atoms with Gasteiger partial charge in [0, 0.05) is 5.69 Å². The van der Waals surface area contributed by atoms with Crippen LogP contribution in [0.25, 0.3) is 0 Å². The number of rotatable bonds is 6. The Bertz CT molecular complexity index is 451. The number of amides is 1. The summed E-state index contributed by atoms with van der Waals surface area (Å²) >= 11 is 0. The first-order chi connectivity index (χ1) is 8.65. The largest absolute Gasteiger partial charge is 0.480 e. The molecule has 1 amide bonds. The molecule has 0 fully saturated rings. The molecule has 1 aromatic carbocycles. The van der Waals surface area contributed by atoms with Crippen LogP contribution in [0.2, 0.25) is 0 Å². The smallest absolute Gasteiger partial charge is 0.323 e. The lowest BCUT2D eigenvalue weighted by atomic mass is 10.2. The molecule has 0 saturated heterocycles. The maximum Gasteiger partial charge on any atom is 0.323 e. The van der Waals surface area contributed by atoms with Crippen LogP contribution >= 0.6 is 0 Å². The quantitative estimate of drug-likeness (QED) is 0.560. The van der Waals surface area contributed by atoms with Crippen LogP contribution in [0.4, 0.5) is 5.69 Å². The van der Waals surface area contributed by atoms with Crippen molar-refractivity contribution in [1.82, 2.24) is 5.32 Å². The molecule has 0 bridgehead atoms. The summed E-state index contributed by atoms with van der Waals surface area (Å²) in [7, 11) is 0. The van der Waals surface area contributed by atoms with Crippen LogP contribution < -0.4 is 10.2 Å². The minimum Gasteiger partial charge on any atom is -0.480 e. The predicted molar refractivity (Wildman–Crippen MR) is 68.1 cm³/mol. The molecule has 5 nitrogen and oxygen atoms in total. The molecular formula is C13H14N2O3. The molecule has 0 spiro atoms. The van der Waals surface area contributed by atoms with Gasteiger partial charge in [-0.2, -0.15) is 0 Å². The number of carboxylic acid groups (broad SMARTS) is 1. The number of nitrogens with one attached hydrogen (secondary N) is 1. The Balaban J connectivity index is 2.76. The van der Waals surface area contributed by atoms with Gasteiger partial charge in [0.1, 0.15) is 6.54 Å². The Morgan fingerprint density at radius 2 is 2.00 bits per heavy atom. The topological polar surface area (TPSA) is 69.6 Å². The van der Waals surface area contributed by atoms with Crippen molar-refractivity contribution in [3.8, 4) is 12.3 Å². The fraction of sp³-hybridized carbons (Fsp3) is 0.231. The van der Waals surface area contributed by atoms with E-state index in [1.54, 1.807) is 30.3 Å². The molecule has 0 aliphatic carbocycles. The minimum atomic E-state index is -1.07. The number of anilines is 1. The second-order valence-electron chi connectivity index (χ2n) is 3.52. The van der Waals surface area contributed by atoms with Gasteiger partial charge in [0.25, 0.3) is 0 Å². The van der Waals surface area contributed by atoms with Gasteiger partial charge in [0.05, 0.1) is 13.1 Å². The molecule has 0 aliphatic heterocycles. The van der Waals surface area contributed by atoms with Gasteiger partial charge in [0.15, 0.2) is 0 Å². The highest BCUT2D eigenvalue weighted by atomic mass is 16.4. The molecule has 0 saturated carbocycles. The van der Waals surface area contributed by atoms with Crippen molar-refractivity contribution in [2.45, 2.75) is 0 Å². The summed E-state index contributed by atoms with van der Waals surface area (Å²) in [6.45, 7) is -0.103. The first kappa shape index (κ1) is 13.7. The van der Waals surface area contributed by atoms with Crippen LogP contribution in [0.1, 0.15) is 0 Å². The van der Waals surface area contributed by atoms with E-state index in [0.29, 0.717) is 5.69 Å². The Morgan fingerprint density at radius 3 is 2.56 bits per heavy atom. The van der Waals surface area contributed by atoms with E-state index in [9.17, 15) is 9.59 Å². The number of benzene rings is 1. The first-order valence-corrected chi connectivity index (χ1v) is 5.36. The van der Waals surface area contributed by atoms with E-state index in [2.05, 4.69) is 11.2 Å². The van der Waals surface area contributed by atoms with Gasteiger partial charge >= 0.3 is 5.97 Å². The molecule has 5 heteroatoms. The van der Waals surface area contributed by atoms with Crippen molar-refractivity contribution in [1.29, 1.82) is 0 Å². The van der Waals surface area contributed by atoms with Gasteiger partial charge in [-0.1, -0.05) is 24.1 Å². The lowest BCUT2D eigenvalue weighted by Gasteiger charge is -2.20. The highest BCUT2D eigenvalue weighted by molar-refractivity contribution is 5.98. The molecular weight excluding hydrogens is 232 g/mol. The van der Waals surface area contributed by atoms with Gasteiger partial charge in [-0.05, 0) is 12.1 Å². The number of carbonyl (C=O) groups is 2. The normalized spacial score (nSPS) is 9.50. The molecule has 0 radical (unpaired) electrons. The molecule has 1 rings (SSSR count). The Morgan fingerprint density at radius 1 is 1.33 bits per heavy atom. The zero-order valence-electron chi connectivity index (χ0n) is 9.80. The van der Waals surface area contributed by atoms with Crippen LogP contribution in [0.3, 0.4) is 0 Å². The Kier molecular flexibility index (Phi) is 5.42. The monoisotopic (exact) mass is 246 g/mol. The van der Waals surface area contributed by atoms with Gasteiger partial charge in [0.2, 0.25) is 5.91 Å². The number of hydrogen-bond acceptors (Lipinski definition) is 3. The number of terminal acetylenes is 1. The third-order valence-corrected chi connectivity index (χ3v) is 2.17. The van der Waals surface area contributed by atoms with Crippen molar-refractivity contribution in [2.24, 2.45) is 0 Å². The summed E-state index contributed by atoms with van der Waals surface area (Å²) in [6, 6.07) is 8.65. The summed E-state index contributed by atoms with van der Waals surface area (Å²) in [5.41, 5.74) is 0.549. The number of aliphatic carboxylic acids is 1. The number of hydrogen-bond donors (Lipinski definition) is 2. The second kappa shape index (κ2) is 7.09. The number of carbonyl (C=O) groups excluding carboxylic acids is 1. The highest BCUT2D eigenvalue weighted by Crippen LogP contribution is 2.12. The highest BCUT2D eigenvalue weighted by Gasteiger charge is 2.17. The maximum absolute atomic E-state index is 11.9. The van der Waals surface area contributed by atoms with Crippen LogP contribution in [-0.4, -0.2) is 36.6 Å². The van der Waals surface area contributed by atoms with Crippen molar-refractivity contribution in [3.05, 3.63) is 30.3 Å². The lowest BCUT2D eigenvalue weighted by Crippen LogP contribution is -2.41. The fourth-order valence-corrected chi connectivity index (χ4v) is 1.40. The predicted octanol–water partition coefficient (Wildman–Crippen LogP) is 0.327. The third-order valence-electron chi connectivity index (χ3n) is 2.17. The molecule has 0 aliphatic rings. The Hall–Kier alpha value is -2.32.